The van der Waals surface area contributed by atoms with Crippen molar-refractivity contribution in [3.05, 3.63) is 0 Å². The molecule has 1 aliphatic rings. The lowest BCUT2D eigenvalue weighted by atomic mass is 10.0. The van der Waals surface area contributed by atoms with Gasteiger partial charge in [-0.1, -0.05) is 12.8 Å². The summed E-state index contributed by atoms with van der Waals surface area (Å²) in [6.07, 6.45) is -1.28. The maximum absolute atomic E-state index is 11.8. The molecule has 0 unspecified atom stereocenters. The summed E-state index contributed by atoms with van der Waals surface area (Å²) in [6.45, 7) is -1.37. The zero-order valence-electron chi connectivity index (χ0n) is 11.0. The van der Waals surface area contributed by atoms with Gasteiger partial charge in [-0.2, -0.15) is 13.2 Å². The number of halogens is 3. The summed E-state index contributed by atoms with van der Waals surface area (Å²) in [4.78, 5) is 13.0. The van der Waals surface area contributed by atoms with Crippen molar-refractivity contribution in [3.63, 3.8) is 0 Å². The Morgan fingerprint density at radius 3 is 2.47 bits per heavy atom. The van der Waals surface area contributed by atoms with E-state index in [1.165, 1.54) is 4.90 Å². The molecule has 19 heavy (non-hydrogen) atoms. The zero-order valence-corrected chi connectivity index (χ0v) is 11.0. The molecule has 4 nitrogen and oxygen atoms in total. The van der Waals surface area contributed by atoms with Crippen LogP contribution < -0.4 is 0 Å². The molecule has 0 spiro atoms. The van der Waals surface area contributed by atoms with Crippen LogP contribution in [0.2, 0.25) is 0 Å². The highest BCUT2D eigenvalue weighted by Crippen LogP contribution is 2.29. The molecule has 0 aromatic heterocycles. The first-order valence-corrected chi connectivity index (χ1v) is 6.33. The monoisotopic (exact) mass is 283 g/mol. The third kappa shape index (κ3) is 6.24. The average molecular weight is 283 g/mol. The number of likely N-dealkylation sites (N-methyl/N-ethyl adjacent to an activating group) is 1. The minimum absolute atomic E-state index is 0.108. The van der Waals surface area contributed by atoms with Crippen LogP contribution >= 0.6 is 0 Å². The Labute approximate surface area is 110 Å². The van der Waals surface area contributed by atoms with Gasteiger partial charge in [-0.3, -0.25) is 4.79 Å². The van der Waals surface area contributed by atoms with E-state index in [9.17, 15) is 23.1 Å². The minimum Gasteiger partial charge on any atom is -0.388 e. The highest BCUT2D eigenvalue weighted by Gasteiger charge is 2.33. The van der Waals surface area contributed by atoms with E-state index < -0.39 is 18.4 Å². The quantitative estimate of drug-likeness (QED) is 0.755. The van der Waals surface area contributed by atoms with Crippen molar-refractivity contribution in [1.82, 2.24) is 4.90 Å². The number of amides is 1. The summed E-state index contributed by atoms with van der Waals surface area (Å²) in [6, 6.07) is 0. The molecular weight excluding hydrogens is 263 g/mol. The Balaban J connectivity index is 2.21. The predicted molar refractivity (Wildman–Crippen MR) is 62.5 cm³/mol. The van der Waals surface area contributed by atoms with E-state index in [4.69, 9.17) is 0 Å². The van der Waals surface area contributed by atoms with Gasteiger partial charge in [0.25, 0.3) is 0 Å². The van der Waals surface area contributed by atoms with E-state index in [-0.39, 0.29) is 25.5 Å². The molecule has 1 fully saturated rings. The Hall–Kier alpha value is -0.820. The maximum Gasteiger partial charge on any atom is 0.411 e. The van der Waals surface area contributed by atoms with Crippen LogP contribution in [0.3, 0.4) is 0 Å². The number of rotatable bonds is 6. The van der Waals surface area contributed by atoms with E-state index in [0.717, 1.165) is 12.8 Å². The summed E-state index contributed by atoms with van der Waals surface area (Å²) >= 11 is 0. The van der Waals surface area contributed by atoms with Gasteiger partial charge >= 0.3 is 6.18 Å². The summed E-state index contributed by atoms with van der Waals surface area (Å²) in [5.74, 6) is -0.317. The molecular formula is C12H20F3NO3. The van der Waals surface area contributed by atoms with Crippen LogP contribution in [0.25, 0.3) is 0 Å². The molecule has 0 saturated heterocycles. The third-order valence-electron chi connectivity index (χ3n) is 3.22. The number of aliphatic hydroxyl groups is 1. The van der Waals surface area contributed by atoms with Crippen LogP contribution in [-0.4, -0.2) is 54.5 Å². The smallest absolute Gasteiger partial charge is 0.388 e. The molecule has 112 valence electrons. The van der Waals surface area contributed by atoms with Gasteiger partial charge in [0.05, 0.1) is 18.6 Å². The van der Waals surface area contributed by atoms with Gasteiger partial charge in [0.2, 0.25) is 5.91 Å². The number of nitrogens with zero attached hydrogens (tertiary/aromatic N) is 1. The highest BCUT2D eigenvalue weighted by molar-refractivity contribution is 5.76. The number of ether oxygens (including phenoxy) is 1. The maximum atomic E-state index is 11.8. The normalized spacial score (nSPS) is 18.6. The molecule has 0 aromatic rings. The standard InChI is InChI=1S/C12H20F3NO3/c1-16(8-11(18)5-2-3-6-11)10(17)4-7-19-9-12(13,14)15/h18H,2-9H2,1H3. The lowest BCUT2D eigenvalue weighted by Crippen LogP contribution is -2.42. The second-order valence-corrected chi connectivity index (χ2v) is 5.10. The fourth-order valence-corrected chi connectivity index (χ4v) is 2.26. The van der Waals surface area contributed by atoms with Crippen LogP contribution in [-0.2, 0) is 9.53 Å². The number of alkyl halides is 3. The van der Waals surface area contributed by atoms with Crippen molar-refractivity contribution in [3.8, 4) is 0 Å². The molecule has 0 aliphatic heterocycles. The molecule has 1 rings (SSSR count). The second kappa shape index (κ2) is 6.56. The Morgan fingerprint density at radius 1 is 1.37 bits per heavy atom. The van der Waals surface area contributed by atoms with Crippen molar-refractivity contribution in [2.75, 3.05) is 26.8 Å². The Bertz CT molecular complexity index is 301. The summed E-state index contributed by atoms with van der Waals surface area (Å²) in [5.41, 5.74) is -0.836. The Kier molecular flexibility index (Phi) is 5.61. The number of carbonyl (C=O) groups excluding carboxylic acids is 1. The molecule has 1 N–H and O–H groups in total. The van der Waals surface area contributed by atoms with Crippen LogP contribution in [0.1, 0.15) is 32.1 Å². The van der Waals surface area contributed by atoms with Crippen molar-refractivity contribution >= 4 is 5.91 Å². The molecule has 7 heteroatoms. The summed E-state index contributed by atoms with van der Waals surface area (Å²) < 4.78 is 39.8. The predicted octanol–water partition coefficient (Wildman–Crippen LogP) is 1.72. The van der Waals surface area contributed by atoms with Crippen molar-refractivity contribution in [1.29, 1.82) is 0 Å². The first-order valence-electron chi connectivity index (χ1n) is 6.33. The van der Waals surface area contributed by atoms with Gasteiger partial charge in [-0.15, -0.1) is 0 Å². The molecule has 0 radical (unpaired) electrons. The van der Waals surface area contributed by atoms with E-state index in [1.807, 2.05) is 0 Å². The molecule has 0 heterocycles. The first-order chi connectivity index (χ1) is 8.72. The minimum atomic E-state index is -4.37. The fraction of sp³-hybridized carbons (Fsp3) is 0.917. The zero-order chi connectivity index (χ0) is 14.5. The van der Waals surface area contributed by atoms with E-state index in [2.05, 4.69) is 4.74 Å². The number of hydrogen-bond donors (Lipinski definition) is 1. The number of carbonyl (C=O) groups is 1. The SMILES string of the molecule is CN(CC1(O)CCCC1)C(=O)CCOCC(F)(F)F. The average Bonchev–Trinajstić information content (AvgIpc) is 2.69. The van der Waals surface area contributed by atoms with Crippen LogP contribution in [0, 0.1) is 0 Å². The van der Waals surface area contributed by atoms with Gasteiger partial charge < -0.3 is 14.7 Å². The van der Waals surface area contributed by atoms with Crippen LogP contribution in [0.4, 0.5) is 13.2 Å². The lowest BCUT2D eigenvalue weighted by Gasteiger charge is -2.28. The van der Waals surface area contributed by atoms with Gasteiger partial charge in [0.1, 0.15) is 6.61 Å². The molecule has 0 atom stereocenters. The van der Waals surface area contributed by atoms with Gasteiger partial charge in [-0.05, 0) is 12.8 Å². The summed E-state index contributed by atoms with van der Waals surface area (Å²) in [5, 5.41) is 10.1. The van der Waals surface area contributed by atoms with E-state index in [0.29, 0.717) is 12.8 Å². The molecule has 0 bridgehead atoms. The topological polar surface area (TPSA) is 49.8 Å². The van der Waals surface area contributed by atoms with Crippen molar-refractivity contribution in [2.24, 2.45) is 0 Å². The lowest BCUT2D eigenvalue weighted by molar-refractivity contribution is -0.175. The molecule has 1 aliphatic carbocycles. The largest absolute Gasteiger partial charge is 0.411 e. The summed E-state index contributed by atoms with van der Waals surface area (Å²) in [7, 11) is 1.54. The van der Waals surface area contributed by atoms with Gasteiger partial charge in [0, 0.05) is 13.6 Å². The van der Waals surface area contributed by atoms with Crippen LogP contribution in [0.5, 0.6) is 0 Å². The third-order valence-corrected chi connectivity index (χ3v) is 3.22. The molecule has 0 aromatic carbocycles. The Morgan fingerprint density at radius 2 is 1.95 bits per heavy atom. The van der Waals surface area contributed by atoms with Gasteiger partial charge in [0.15, 0.2) is 0 Å². The van der Waals surface area contributed by atoms with Gasteiger partial charge in [-0.25, -0.2) is 0 Å². The van der Waals surface area contributed by atoms with Crippen LogP contribution in [0.15, 0.2) is 0 Å². The highest BCUT2D eigenvalue weighted by atomic mass is 19.4. The molecule has 1 saturated carbocycles. The van der Waals surface area contributed by atoms with Crippen molar-refractivity contribution < 1.29 is 27.8 Å². The number of hydrogen-bond acceptors (Lipinski definition) is 3. The van der Waals surface area contributed by atoms with Crippen molar-refractivity contribution in [2.45, 2.75) is 43.9 Å². The van der Waals surface area contributed by atoms with E-state index >= 15 is 0 Å². The molecule has 1 amide bonds. The second-order valence-electron chi connectivity index (χ2n) is 5.10. The first kappa shape index (κ1) is 16.2. The fourth-order valence-electron chi connectivity index (χ4n) is 2.26. The van der Waals surface area contributed by atoms with E-state index in [1.54, 1.807) is 7.05 Å².